The lowest BCUT2D eigenvalue weighted by atomic mass is 9.97. The van der Waals surface area contributed by atoms with Crippen molar-refractivity contribution in [1.82, 2.24) is 5.32 Å². The molecule has 0 aromatic heterocycles. The summed E-state index contributed by atoms with van der Waals surface area (Å²) in [7, 11) is 4.88. The molecule has 3 aromatic carbocycles. The molecule has 1 atom stereocenters. The van der Waals surface area contributed by atoms with E-state index in [9.17, 15) is 4.79 Å². The number of methoxy groups -OCH3 is 3. The standard InChI is InChI=1S/C23H25NO4/c1-15(16-5-6-18-12-20(26-2)8-7-17(18)11-16)23(25)24-14-19-13-21(27-3)9-10-22(19)28-4/h5-13,15H,14H2,1-4H3,(H,24,25)/t15-/m0/s1. The van der Waals surface area contributed by atoms with Crippen molar-refractivity contribution in [2.75, 3.05) is 21.3 Å². The normalized spacial score (nSPS) is 11.7. The Bertz CT molecular complexity index is 983. The van der Waals surface area contributed by atoms with Crippen molar-refractivity contribution in [3.8, 4) is 17.2 Å². The zero-order valence-corrected chi connectivity index (χ0v) is 16.6. The molecule has 0 spiro atoms. The van der Waals surface area contributed by atoms with Crippen molar-refractivity contribution in [2.24, 2.45) is 0 Å². The molecule has 5 nitrogen and oxygen atoms in total. The monoisotopic (exact) mass is 379 g/mol. The van der Waals surface area contributed by atoms with Gasteiger partial charge in [-0.3, -0.25) is 4.79 Å². The van der Waals surface area contributed by atoms with Crippen LogP contribution in [0.25, 0.3) is 10.8 Å². The average molecular weight is 379 g/mol. The number of hydrogen-bond acceptors (Lipinski definition) is 4. The van der Waals surface area contributed by atoms with Crippen LogP contribution in [-0.2, 0) is 11.3 Å². The van der Waals surface area contributed by atoms with E-state index >= 15 is 0 Å². The molecule has 0 bridgehead atoms. The van der Waals surface area contributed by atoms with Gasteiger partial charge >= 0.3 is 0 Å². The van der Waals surface area contributed by atoms with E-state index < -0.39 is 0 Å². The van der Waals surface area contributed by atoms with Crippen molar-refractivity contribution in [1.29, 1.82) is 0 Å². The molecule has 1 amide bonds. The number of ether oxygens (including phenoxy) is 3. The van der Waals surface area contributed by atoms with Crippen molar-refractivity contribution < 1.29 is 19.0 Å². The Morgan fingerprint density at radius 3 is 2.21 bits per heavy atom. The van der Waals surface area contributed by atoms with Gasteiger partial charge in [-0.05, 0) is 53.6 Å². The molecule has 0 heterocycles. The molecule has 3 aromatic rings. The number of carbonyl (C=O) groups excluding carboxylic acids is 1. The predicted octanol–water partition coefficient (Wildman–Crippen LogP) is 4.29. The number of fused-ring (bicyclic) bond motifs is 1. The maximum atomic E-state index is 12.7. The third-order valence-electron chi connectivity index (χ3n) is 4.91. The zero-order chi connectivity index (χ0) is 20.1. The summed E-state index contributed by atoms with van der Waals surface area (Å²) in [6, 6.07) is 17.5. The summed E-state index contributed by atoms with van der Waals surface area (Å²) < 4.78 is 15.9. The minimum absolute atomic E-state index is 0.0438. The summed E-state index contributed by atoms with van der Waals surface area (Å²) in [6.45, 7) is 2.27. The van der Waals surface area contributed by atoms with E-state index in [1.165, 1.54) is 0 Å². The number of amides is 1. The van der Waals surface area contributed by atoms with E-state index in [1.807, 2.05) is 61.5 Å². The molecule has 146 valence electrons. The highest BCUT2D eigenvalue weighted by molar-refractivity contribution is 5.88. The first-order valence-electron chi connectivity index (χ1n) is 9.12. The Morgan fingerprint density at radius 1 is 0.857 bits per heavy atom. The second-order valence-corrected chi connectivity index (χ2v) is 6.59. The largest absolute Gasteiger partial charge is 0.497 e. The van der Waals surface area contributed by atoms with Gasteiger partial charge in [-0.1, -0.05) is 24.3 Å². The zero-order valence-electron chi connectivity index (χ0n) is 16.6. The molecule has 1 N–H and O–H groups in total. The third kappa shape index (κ3) is 4.19. The van der Waals surface area contributed by atoms with E-state index in [4.69, 9.17) is 14.2 Å². The summed E-state index contributed by atoms with van der Waals surface area (Å²) >= 11 is 0. The Labute approximate surface area is 165 Å². The lowest BCUT2D eigenvalue weighted by molar-refractivity contribution is -0.122. The molecule has 0 saturated heterocycles. The first kappa shape index (κ1) is 19.5. The van der Waals surface area contributed by atoms with Gasteiger partial charge in [0.25, 0.3) is 0 Å². The average Bonchev–Trinajstić information content (AvgIpc) is 2.75. The Morgan fingerprint density at radius 2 is 1.50 bits per heavy atom. The second-order valence-electron chi connectivity index (χ2n) is 6.59. The fourth-order valence-corrected chi connectivity index (χ4v) is 3.15. The smallest absolute Gasteiger partial charge is 0.227 e. The summed E-state index contributed by atoms with van der Waals surface area (Å²) in [6.07, 6.45) is 0. The van der Waals surface area contributed by atoms with Gasteiger partial charge in [0.2, 0.25) is 5.91 Å². The van der Waals surface area contributed by atoms with Crippen LogP contribution in [-0.4, -0.2) is 27.2 Å². The Kier molecular flexibility index (Phi) is 6.04. The second kappa shape index (κ2) is 8.65. The fraction of sp³-hybridized carbons (Fsp3) is 0.261. The topological polar surface area (TPSA) is 56.8 Å². The molecule has 0 aliphatic rings. The molecular weight excluding hydrogens is 354 g/mol. The number of nitrogens with one attached hydrogen (secondary N) is 1. The first-order chi connectivity index (χ1) is 13.5. The number of carbonyl (C=O) groups is 1. The SMILES string of the molecule is COc1ccc(OC)c(CNC(=O)[C@@H](C)c2ccc3cc(OC)ccc3c2)c1. The van der Waals surface area contributed by atoms with Crippen LogP contribution in [0.5, 0.6) is 17.2 Å². The Hall–Kier alpha value is -3.21. The van der Waals surface area contributed by atoms with Crippen LogP contribution in [0.2, 0.25) is 0 Å². The van der Waals surface area contributed by atoms with E-state index in [-0.39, 0.29) is 11.8 Å². The van der Waals surface area contributed by atoms with Crippen LogP contribution in [0.4, 0.5) is 0 Å². The molecule has 3 rings (SSSR count). The quantitative estimate of drug-likeness (QED) is 0.665. The summed E-state index contributed by atoms with van der Waals surface area (Å²) in [5.41, 5.74) is 1.83. The maximum absolute atomic E-state index is 12.7. The summed E-state index contributed by atoms with van der Waals surface area (Å²) in [5.74, 6) is 1.94. The fourth-order valence-electron chi connectivity index (χ4n) is 3.15. The van der Waals surface area contributed by atoms with E-state index in [0.29, 0.717) is 12.3 Å². The van der Waals surface area contributed by atoms with Gasteiger partial charge in [0.1, 0.15) is 17.2 Å². The molecule has 0 saturated carbocycles. The van der Waals surface area contributed by atoms with Crippen LogP contribution in [0.1, 0.15) is 24.0 Å². The minimum atomic E-state index is -0.275. The number of rotatable bonds is 7. The summed E-state index contributed by atoms with van der Waals surface area (Å²) in [4.78, 5) is 12.7. The molecule has 0 aliphatic carbocycles. The van der Waals surface area contributed by atoms with E-state index in [2.05, 4.69) is 5.32 Å². The molecule has 0 radical (unpaired) electrons. The van der Waals surface area contributed by atoms with Crippen molar-refractivity contribution >= 4 is 16.7 Å². The van der Waals surface area contributed by atoms with Crippen LogP contribution in [0.15, 0.2) is 54.6 Å². The highest BCUT2D eigenvalue weighted by Crippen LogP contribution is 2.26. The highest BCUT2D eigenvalue weighted by Gasteiger charge is 2.16. The van der Waals surface area contributed by atoms with Gasteiger partial charge in [0.05, 0.1) is 27.2 Å². The third-order valence-corrected chi connectivity index (χ3v) is 4.91. The van der Waals surface area contributed by atoms with Crippen molar-refractivity contribution in [3.63, 3.8) is 0 Å². The molecule has 0 unspecified atom stereocenters. The van der Waals surface area contributed by atoms with E-state index in [0.717, 1.165) is 33.4 Å². The van der Waals surface area contributed by atoms with Gasteiger partial charge in [-0.25, -0.2) is 0 Å². The minimum Gasteiger partial charge on any atom is -0.497 e. The molecule has 0 aliphatic heterocycles. The first-order valence-corrected chi connectivity index (χ1v) is 9.12. The van der Waals surface area contributed by atoms with Crippen LogP contribution >= 0.6 is 0 Å². The van der Waals surface area contributed by atoms with Gasteiger partial charge in [0, 0.05) is 12.1 Å². The van der Waals surface area contributed by atoms with Crippen LogP contribution in [0, 0.1) is 0 Å². The molecule has 28 heavy (non-hydrogen) atoms. The van der Waals surface area contributed by atoms with Gasteiger partial charge < -0.3 is 19.5 Å². The maximum Gasteiger partial charge on any atom is 0.227 e. The van der Waals surface area contributed by atoms with Crippen molar-refractivity contribution in [3.05, 3.63) is 65.7 Å². The lowest BCUT2D eigenvalue weighted by Gasteiger charge is -2.15. The highest BCUT2D eigenvalue weighted by atomic mass is 16.5. The lowest BCUT2D eigenvalue weighted by Crippen LogP contribution is -2.27. The molecule has 0 fully saturated rings. The van der Waals surface area contributed by atoms with Gasteiger partial charge in [-0.2, -0.15) is 0 Å². The predicted molar refractivity (Wildman–Crippen MR) is 110 cm³/mol. The van der Waals surface area contributed by atoms with Gasteiger partial charge in [-0.15, -0.1) is 0 Å². The number of benzene rings is 3. The molecule has 5 heteroatoms. The van der Waals surface area contributed by atoms with Crippen LogP contribution < -0.4 is 19.5 Å². The van der Waals surface area contributed by atoms with Gasteiger partial charge in [0.15, 0.2) is 0 Å². The Balaban J connectivity index is 1.73. The van der Waals surface area contributed by atoms with E-state index in [1.54, 1.807) is 21.3 Å². The van der Waals surface area contributed by atoms with Crippen molar-refractivity contribution in [2.45, 2.75) is 19.4 Å². The summed E-state index contributed by atoms with van der Waals surface area (Å²) in [5, 5.41) is 5.15. The van der Waals surface area contributed by atoms with Crippen LogP contribution in [0.3, 0.4) is 0 Å². The number of hydrogen-bond donors (Lipinski definition) is 1. The molecular formula is C23H25NO4.